The third-order valence-electron chi connectivity index (χ3n) is 1.73. The maximum Gasteiger partial charge on any atom is 0.221 e. The fraction of sp³-hybridized carbons (Fsp3) is 0.222. The third-order valence-corrected chi connectivity index (χ3v) is 3.89. The summed E-state index contributed by atoms with van der Waals surface area (Å²) < 4.78 is 0.980. The third kappa shape index (κ3) is 2.45. The summed E-state index contributed by atoms with van der Waals surface area (Å²) in [6, 6.07) is 0. The van der Waals surface area contributed by atoms with Gasteiger partial charge >= 0.3 is 0 Å². The lowest BCUT2D eigenvalue weighted by molar-refractivity contribution is 1.02. The fourth-order valence-electron chi connectivity index (χ4n) is 1.00. The van der Waals surface area contributed by atoms with E-state index < -0.39 is 0 Å². The SMILES string of the molecule is Cc1csc(Sc2nc(N)ncc2C)n1. The van der Waals surface area contributed by atoms with Crippen LogP contribution in [0.1, 0.15) is 11.3 Å². The number of aryl methyl sites for hydroxylation is 2. The van der Waals surface area contributed by atoms with Crippen LogP contribution in [-0.4, -0.2) is 15.0 Å². The Hall–Kier alpha value is -1.14. The number of nitrogen functional groups attached to an aromatic ring is 1. The van der Waals surface area contributed by atoms with Crippen molar-refractivity contribution in [3.63, 3.8) is 0 Å². The standard InChI is InChI=1S/C9H10N4S2/c1-5-3-11-8(10)13-7(5)15-9-12-6(2)4-14-9/h3-4H,1-2H3,(H2,10,11,13). The normalized spacial score (nSPS) is 10.5. The lowest BCUT2D eigenvalue weighted by Gasteiger charge is -2.01. The van der Waals surface area contributed by atoms with E-state index in [4.69, 9.17) is 5.73 Å². The van der Waals surface area contributed by atoms with E-state index in [9.17, 15) is 0 Å². The van der Waals surface area contributed by atoms with Crippen LogP contribution in [0.3, 0.4) is 0 Å². The molecule has 0 bridgehead atoms. The van der Waals surface area contributed by atoms with Gasteiger partial charge in [0, 0.05) is 22.8 Å². The van der Waals surface area contributed by atoms with Gasteiger partial charge in [-0.25, -0.2) is 15.0 Å². The van der Waals surface area contributed by atoms with Crippen LogP contribution in [0.5, 0.6) is 0 Å². The van der Waals surface area contributed by atoms with Gasteiger partial charge in [-0.2, -0.15) is 0 Å². The van der Waals surface area contributed by atoms with Gasteiger partial charge in [-0.05, 0) is 25.6 Å². The predicted molar refractivity (Wildman–Crippen MR) is 62.2 cm³/mol. The molecule has 0 aliphatic rings. The first kappa shape index (κ1) is 10.4. The molecule has 2 rings (SSSR count). The van der Waals surface area contributed by atoms with Crippen LogP contribution >= 0.6 is 23.1 Å². The van der Waals surface area contributed by atoms with Gasteiger partial charge in [0.25, 0.3) is 0 Å². The Morgan fingerprint density at radius 3 is 2.80 bits per heavy atom. The summed E-state index contributed by atoms with van der Waals surface area (Å²) in [6.45, 7) is 3.93. The van der Waals surface area contributed by atoms with Crippen molar-refractivity contribution >= 4 is 29.0 Å². The molecule has 0 unspecified atom stereocenters. The zero-order valence-corrected chi connectivity index (χ0v) is 10.0. The Kier molecular flexibility index (Phi) is 2.88. The lowest BCUT2D eigenvalue weighted by Crippen LogP contribution is -1.96. The van der Waals surface area contributed by atoms with Crippen molar-refractivity contribution in [3.8, 4) is 0 Å². The Balaban J connectivity index is 2.27. The van der Waals surface area contributed by atoms with Crippen molar-refractivity contribution in [2.24, 2.45) is 0 Å². The van der Waals surface area contributed by atoms with E-state index in [2.05, 4.69) is 15.0 Å². The minimum Gasteiger partial charge on any atom is -0.368 e. The summed E-state index contributed by atoms with van der Waals surface area (Å²) in [4.78, 5) is 12.5. The van der Waals surface area contributed by atoms with Crippen LogP contribution in [0.2, 0.25) is 0 Å². The highest BCUT2D eigenvalue weighted by Gasteiger charge is 2.07. The Labute approximate surface area is 96.0 Å². The molecule has 15 heavy (non-hydrogen) atoms. The highest BCUT2D eigenvalue weighted by Crippen LogP contribution is 2.30. The zero-order valence-electron chi connectivity index (χ0n) is 8.39. The second kappa shape index (κ2) is 4.16. The maximum absolute atomic E-state index is 5.53. The van der Waals surface area contributed by atoms with Crippen LogP contribution in [0.25, 0.3) is 0 Å². The zero-order chi connectivity index (χ0) is 10.8. The molecule has 0 saturated heterocycles. The lowest BCUT2D eigenvalue weighted by atomic mass is 10.4. The van der Waals surface area contributed by atoms with Crippen LogP contribution in [-0.2, 0) is 0 Å². The topological polar surface area (TPSA) is 64.7 Å². The average molecular weight is 238 g/mol. The monoisotopic (exact) mass is 238 g/mol. The molecule has 6 heteroatoms. The molecule has 0 atom stereocenters. The van der Waals surface area contributed by atoms with Crippen molar-refractivity contribution in [1.82, 2.24) is 15.0 Å². The molecule has 4 nitrogen and oxygen atoms in total. The van der Waals surface area contributed by atoms with E-state index in [1.165, 1.54) is 11.8 Å². The van der Waals surface area contributed by atoms with Gasteiger partial charge in [-0.15, -0.1) is 11.3 Å². The van der Waals surface area contributed by atoms with E-state index in [-0.39, 0.29) is 0 Å². The summed E-state index contributed by atoms with van der Waals surface area (Å²) >= 11 is 3.14. The average Bonchev–Trinajstić information content (AvgIpc) is 2.58. The summed E-state index contributed by atoms with van der Waals surface area (Å²) in [6.07, 6.45) is 1.73. The number of hydrogen-bond acceptors (Lipinski definition) is 6. The molecule has 0 fully saturated rings. The van der Waals surface area contributed by atoms with Crippen molar-refractivity contribution in [2.75, 3.05) is 5.73 Å². The summed E-state index contributed by atoms with van der Waals surface area (Å²) in [5.74, 6) is 0.302. The van der Waals surface area contributed by atoms with Crippen LogP contribution in [0.4, 0.5) is 5.95 Å². The Bertz CT molecular complexity index is 481. The molecule has 0 amide bonds. The van der Waals surface area contributed by atoms with Gasteiger partial charge in [0.15, 0.2) is 4.34 Å². The highest BCUT2D eigenvalue weighted by atomic mass is 32.2. The second-order valence-corrected chi connectivity index (χ2v) is 5.17. The largest absolute Gasteiger partial charge is 0.368 e. The first-order chi connectivity index (χ1) is 7.15. The molecule has 0 aliphatic carbocycles. The maximum atomic E-state index is 5.53. The number of aromatic nitrogens is 3. The van der Waals surface area contributed by atoms with Crippen molar-refractivity contribution < 1.29 is 0 Å². The number of hydrogen-bond donors (Lipinski definition) is 1. The Morgan fingerprint density at radius 2 is 2.13 bits per heavy atom. The molecule has 2 aromatic rings. The van der Waals surface area contributed by atoms with Gasteiger partial charge in [0.05, 0.1) is 0 Å². The highest BCUT2D eigenvalue weighted by molar-refractivity contribution is 8.01. The van der Waals surface area contributed by atoms with Crippen molar-refractivity contribution in [2.45, 2.75) is 23.2 Å². The van der Waals surface area contributed by atoms with E-state index in [1.807, 2.05) is 19.2 Å². The molecule has 0 aromatic carbocycles. The molecular weight excluding hydrogens is 228 g/mol. The smallest absolute Gasteiger partial charge is 0.221 e. The number of rotatable bonds is 2. The molecule has 0 radical (unpaired) electrons. The summed E-state index contributed by atoms with van der Waals surface area (Å²) in [5.41, 5.74) is 7.58. The summed E-state index contributed by atoms with van der Waals surface area (Å²) in [7, 11) is 0. The quantitative estimate of drug-likeness (QED) is 0.813. The molecule has 0 saturated carbocycles. The number of thiazole rings is 1. The fourth-order valence-corrected chi connectivity index (χ4v) is 2.81. The first-order valence-electron chi connectivity index (χ1n) is 4.34. The minimum absolute atomic E-state index is 0.302. The predicted octanol–water partition coefficient (Wildman–Crippen LogP) is 2.28. The molecule has 0 spiro atoms. The van der Waals surface area contributed by atoms with Crippen molar-refractivity contribution in [1.29, 1.82) is 0 Å². The number of anilines is 1. The Morgan fingerprint density at radius 1 is 1.33 bits per heavy atom. The molecule has 78 valence electrons. The van der Waals surface area contributed by atoms with Crippen LogP contribution in [0, 0.1) is 13.8 Å². The number of nitrogens with zero attached hydrogens (tertiary/aromatic N) is 3. The van der Waals surface area contributed by atoms with Crippen molar-refractivity contribution in [3.05, 3.63) is 22.8 Å². The summed E-state index contributed by atoms with van der Waals surface area (Å²) in [5, 5.41) is 2.89. The second-order valence-electron chi connectivity index (χ2n) is 3.07. The first-order valence-corrected chi connectivity index (χ1v) is 6.04. The van der Waals surface area contributed by atoms with Crippen LogP contribution < -0.4 is 5.73 Å². The molecule has 0 aliphatic heterocycles. The minimum atomic E-state index is 0.302. The molecule has 2 heterocycles. The van der Waals surface area contributed by atoms with E-state index in [1.54, 1.807) is 17.5 Å². The van der Waals surface area contributed by atoms with E-state index in [0.29, 0.717) is 5.95 Å². The van der Waals surface area contributed by atoms with Gasteiger partial charge in [-0.1, -0.05) is 0 Å². The molecular formula is C9H10N4S2. The van der Waals surface area contributed by atoms with Gasteiger partial charge < -0.3 is 5.73 Å². The molecule has 2 N–H and O–H groups in total. The molecule has 2 aromatic heterocycles. The van der Waals surface area contributed by atoms with Crippen LogP contribution in [0.15, 0.2) is 20.9 Å². The van der Waals surface area contributed by atoms with Gasteiger partial charge in [0.1, 0.15) is 5.03 Å². The number of nitrogens with two attached hydrogens (primary N) is 1. The van der Waals surface area contributed by atoms with Gasteiger partial charge in [-0.3, -0.25) is 0 Å². The van der Waals surface area contributed by atoms with E-state index in [0.717, 1.165) is 20.6 Å². The van der Waals surface area contributed by atoms with Gasteiger partial charge in [0.2, 0.25) is 5.95 Å². The van der Waals surface area contributed by atoms with E-state index >= 15 is 0 Å².